The predicted molar refractivity (Wildman–Crippen MR) is 84.3 cm³/mol. The molecule has 0 aliphatic heterocycles. The first-order valence-corrected chi connectivity index (χ1v) is 8.20. The second kappa shape index (κ2) is 10.1. The van der Waals surface area contributed by atoms with Crippen molar-refractivity contribution in [3.05, 3.63) is 0 Å². The van der Waals surface area contributed by atoms with E-state index in [9.17, 15) is 4.79 Å². The van der Waals surface area contributed by atoms with Gasteiger partial charge in [0.1, 0.15) is 6.04 Å². The van der Waals surface area contributed by atoms with Crippen LogP contribution in [0.25, 0.3) is 0 Å². The van der Waals surface area contributed by atoms with Crippen molar-refractivity contribution >= 4 is 5.97 Å². The fourth-order valence-electron chi connectivity index (χ4n) is 2.39. The molecule has 1 unspecified atom stereocenters. The average molecular weight is 300 g/mol. The van der Waals surface area contributed by atoms with E-state index in [0.717, 1.165) is 32.7 Å². The number of ether oxygens (including phenoxy) is 2. The monoisotopic (exact) mass is 300 g/mol. The van der Waals surface area contributed by atoms with Gasteiger partial charge in [0.25, 0.3) is 0 Å². The number of carbonyl (C=O) groups excluding carboxylic acids is 1. The van der Waals surface area contributed by atoms with Crippen LogP contribution < -0.4 is 5.32 Å². The molecule has 5 heteroatoms. The van der Waals surface area contributed by atoms with Crippen LogP contribution in [0.3, 0.4) is 0 Å². The van der Waals surface area contributed by atoms with Gasteiger partial charge in [0.05, 0.1) is 13.2 Å². The maximum Gasteiger partial charge on any atom is 0.323 e. The van der Waals surface area contributed by atoms with Crippen molar-refractivity contribution in [2.75, 3.05) is 40.0 Å². The molecule has 0 saturated heterocycles. The minimum atomic E-state index is -0.172. The van der Waals surface area contributed by atoms with Crippen LogP contribution in [0.15, 0.2) is 0 Å². The van der Waals surface area contributed by atoms with Gasteiger partial charge in [-0.25, -0.2) is 0 Å². The Labute approximate surface area is 129 Å². The van der Waals surface area contributed by atoms with Gasteiger partial charge in [0.15, 0.2) is 0 Å². The molecule has 0 spiro atoms. The highest BCUT2D eigenvalue weighted by atomic mass is 16.5. The van der Waals surface area contributed by atoms with Gasteiger partial charge in [-0.3, -0.25) is 4.79 Å². The Bertz CT molecular complexity index is 293. The molecule has 0 aromatic carbocycles. The summed E-state index contributed by atoms with van der Waals surface area (Å²) in [6.45, 7) is 10.3. The van der Waals surface area contributed by atoms with Crippen LogP contribution >= 0.6 is 0 Å². The Kier molecular flexibility index (Phi) is 8.88. The largest absolute Gasteiger partial charge is 0.465 e. The van der Waals surface area contributed by atoms with Crippen molar-refractivity contribution in [1.82, 2.24) is 10.2 Å². The maximum atomic E-state index is 12.0. The number of nitrogens with zero attached hydrogens (tertiary/aromatic N) is 1. The molecule has 21 heavy (non-hydrogen) atoms. The van der Waals surface area contributed by atoms with E-state index < -0.39 is 0 Å². The first kappa shape index (κ1) is 18.4. The zero-order chi connectivity index (χ0) is 15.7. The number of rotatable bonds is 12. The van der Waals surface area contributed by atoms with Gasteiger partial charge >= 0.3 is 5.97 Å². The Morgan fingerprint density at radius 1 is 1.33 bits per heavy atom. The summed E-state index contributed by atoms with van der Waals surface area (Å²) in [4.78, 5) is 14.4. The molecule has 1 aliphatic rings. The van der Waals surface area contributed by atoms with Gasteiger partial charge in [-0.1, -0.05) is 13.8 Å². The van der Waals surface area contributed by atoms with Crippen molar-refractivity contribution in [3.8, 4) is 0 Å². The summed E-state index contributed by atoms with van der Waals surface area (Å²) in [5, 5.41) is 3.41. The van der Waals surface area contributed by atoms with Gasteiger partial charge in [-0.2, -0.15) is 0 Å². The van der Waals surface area contributed by atoms with Gasteiger partial charge in [-0.05, 0) is 32.1 Å². The summed E-state index contributed by atoms with van der Waals surface area (Å²) in [6.07, 6.45) is 3.15. The standard InChI is InChI=1S/C16H32N2O3/c1-5-21-16(19)15(17-14-6-7-14)8-9-18(10-11-20-4)12-13(2)3/h13-15,17H,5-12H2,1-4H3. The van der Waals surface area contributed by atoms with Crippen LogP contribution in [0.1, 0.15) is 40.0 Å². The van der Waals surface area contributed by atoms with E-state index in [4.69, 9.17) is 9.47 Å². The third-order valence-electron chi connectivity index (χ3n) is 3.55. The molecular formula is C16H32N2O3. The van der Waals surface area contributed by atoms with Crippen LogP contribution in [0.2, 0.25) is 0 Å². The number of hydrogen-bond donors (Lipinski definition) is 1. The summed E-state index contributed by atoms with van der Waals surface area (Å²) in [6, 6.07) is 0.339. The van der Waals surface area contributed by atoms with E-state index in [1.54, 1.807) is 7.11 Å². The third-order valence-corrected chi connectivity index (χ3v) is 3.55. The van der Waals surface area contributed by atoms with Crippen LogP contribution in [0.5, 0.6) is 0 Å². The number of hydrogen-bond acceptors (Lipinski definition) is 5. The molecule has 1 fully saturated rings. The molecule has 0 bridgehead atoms. The Morgan fingerprint density at radius 3 is 2.57 bits per heavy atom. The lowest BCUT2D eigenvalue weighted by atomic mass is 10.1. The molecular weight excluding hydrogens is 268 g/mol. The molecule has 1 rings (SSSR count). The number of nitrogens with one attached hydrogen (secondary N) is 1. The van der Waals surface area contributed by atoms with Crippen molar-refractivity contribution in [2.45, 2.75) is 52.1 Å². The first-order chi connectivity index (χ1) is 10.1. The van der Waals surface area contributed by atoms with Crippen molar-refractivity contribution < 1.29 is 14.3 Å². The molecule has 0 aromatic rings. The summed E-state index contributed by atoms with van der Waals surface area (Å²) in [7, 11) is 1.73. The smallest absolute Gasteiger partial charge is 0.323 e. The van der Waals surface area contributed by atoms with Crippen molar-refractivity contribution in [3.63, 3.8) is 0 Å². The van der Waals surface area contributed by atoms with Crippen LogP contribution in [0.4, 0.5) is 0 Å². The molecule has 0 radical (unpaired) electrons. The lowest BCUT2D eigenvalue weighted by Crippen LogP contribution is -2.43. The number of methoxy groups -OCH3 is 1. The maximum absolute atomic E-state index is 12.0. The Hall–Kier alpha value is -0.650. The minimum Gasteiger partial charge on any atom is -0.465 e. The highest BCUT2D eigenvalue weighted by molar-refractivity contribution is 5.75. The molecule has 0 aromatic heterocycles. The lowest BCUT2D eigenvalue weighted by molar-refractivity contribution is -0.146. The second-order valence-corrected chi connectivity index (χ2v) is 6.22. The molecule has 1 aliphatic carbocycles. The fraction of sp³-hybridized carbons (Fsp3) is 0.938. The Balaban J connectivity index is 2.43. The number of carbonyl (C=O) groups is 1. The third kappa shape index (κ3) is 8.39. The second-order valence-electron chi connectivity index (χ2n) is 6.22. The molecule has 0 amide bonds. The first-order valence-electron chi connectivity index (χ1n) is 8.20. The van der Waals surface area contributed by atoms with Crippen LogP contribution in [-0.2, 0) is 14.3 Å². The van der Waals surface area contributed by atoms with Crippen LogP contribution in [0, 0.1) is 5.92 Å². The van der Waals surface area contributed by atoms with Gasteiger partial charge in [0.2, 0.25) is 0 Å². The molecule has 1 saturated carbocycles. The molecule has 1 N–H and O–H groups in total. The average Bonchev–Trinajstić information content (AvgIpc) is 3.23. The fourth-order valence-corrected chi connectivity index (χ4v) is 2.39. The SMILES string of the molecule is CCOC(=O)C(CCN(CCOC)CC(C)C)NC1CC1. The summed E-state index contributed by atoms with van der Waals surface area (Å²) in [5.74, 6) is 0.500. The topological polar surface area (TPSA) is 50.8 Å². The molecule has 5 nitrogen and oxygen atoms in total. The normalized spacial score (nSPS) is 16.5. The van der Waals surface area contributed by atoms with Gasteiger partial charge < -0.3 is 19.7 Å². The van der Waals surface area contributed by atoms with E-state index >= 15 is 0 Å². The molecule has 0 heterocycles. The quantitative estimate of drug-likeness (QED) is 0.556. The summed E-state index contributed by atoms with van der Waals surface area (Å²) in [5.41, 5.74) is 0. The number of esters is 1. The van der Waals surface area contributed by atoms with Gasteiger partial charge in [0, 0.05) is 32.8 Å². The van der Waals surface area contributed by atoms with Crippen molar-refractivity contribution in [1.29, 1.82) is 0 Å². The summed E-state index contributed by atoms with van der Waals surface area (Å²) >= 11 is 0. The van der Waals surface area contributed by atoms with E-state index in [1.807, 2.05) is 6.92 Å². The molecule has 124 valence electrons. The highest BCUT2D eigenvalue weighted by Crippen LogP contribution is 2.20. The zero-order valence-electron chi connectivity index (χ0n) is 14.1. The van der Waals surface area contributed by atoms with Gasteiger partial charge in [-0.15, -0.1) is 0 Å². The van der Waals surface area contributed by atoms with E-state index in [0.29, 0.717) is 18.6 Å². The zero-order valence-corrected chi connectivity index (χ0v) is 14.1. The molecule has 1 atom stereocenters. The van der Waals surface area contributed by atoms with Crippen LogP contribution in [-0.4, -0.2) is 62.9 Å². The van der Waals surface area contributed by atoms with E-state index in [-0.39, 0.29) is 12.0 Å². The van der Waals surface area contributed by atoms with Crippen molar-refractivity contribution in [2.24, 2.45) is 5.92 Å². The predicted octanol–water partition coefficient (Wildman–Crippen LogP) is 1.66. The van der Waals surface area contributed by atoms with E-state index in [2.05, 4.69) is 24.1 Å². The summed E-state index contributed by atoms with van der Waals surface area (Å²) < 4.78 is 10.4. The van der Waals surface area contributed by atoms with E-state index in [1.165, 1.54) is 12.8 Å². The minimum absolute atomic E-state index is 0.111. The Morgan fingerprint density at radius 2 is 2.05 bits per heavy atom. The highest BCUT2D eigenvalue weighted by Gasteiger charge is 2.29. The lowest BCUT2D eigenvalue weighted by Gasteiger charge is -2.26.